The van der Waals surface area contributed by atoms with E-state index in [4.69, 9.17) is 0 Å². The van der Waals surface area contributed by atoms with E-state index in [-0.39, 0.29) is 30.1 Å². The van der Waals surface area contributed by atoms with Gasteiger partial charge in [0.2, 0.25) is 11.8 Å². The molecule has 3 unspecified atom stereocenters. The van der Waals surface area contributed by atoms with Crippen LogP contribution in [0.4, 0.5) is 0 Å². The first-order valence-electron chi connectivity index (χ1n) is 7.62. The van der Waals surface area contributed by atoms with Gasteiger partial charge in [0.15, 0.2) is 0 Å². The molecule has 1 saturated heterocycles. The molecule has 3 atom stereocenters. The Labute approximate surface area is 134 Å². The maximum atomic E-state index is 12.2. The molecule has 0 aromatic rings. The van der Waals surface area contributed by atoms with Crippen LogP contribution in [0.5, 0.6) is 0 Å². The minimum atomic E-state index is -0.166. The fourth-order valence-electron chi connectivity index (χ4n) is 2.80. The second-order valence-electron chi connectivity index (χ2n) is 6.08. The lowest BCUT2D eigenvalue weighted by molar-refractivity contribution is -0.133. The number of nitrogens with zero attached hydrogens (tertiary/aromatic N) is 1. The Bertz CT molecular complexity index is 333. The number of piperidine rings is 1. The Morgan fingerprint density at radius 2 is 2.05 bits per heavy atom. The molecule has 6 heteroatoms. The van der Waals surface area contributed by atoms with Crippen molar-refractivity contribution >= 4 is 24.2 Å². The molecule has 2 amide bonds. The van der Waals surface area contributed by atoms with E-state index in [0.717, 1.165) is 13.1 Å². The number of carbonyl (C=O) groups is 2. The minimum absolute atomic E-state index is 0. The van der Waals surface area contributed by atoms with Crippen LogP contribution in [0.3, 0.4) is 0 Å². The van der Waals surface area contributed by atoms with Crippen molar-refractivity contribution in [2.45, 2.75) is 33.1 Å². The van der Waals surface area contributed by atoms with Gasteiger partial charge in [-0.05, 0) is 37.8 Å². The van der Waals surface area contributed by atoms with Gasteiger partial charge in [0.05, 0.1) is 5.92 Å². The molecule has 1 fully saturated rings. The second-order valence-corrected chi connectivity index (χ2v) is 6.08. The van der Waals surface area contributed by atoms with Gasteiger partial charge in [-0.1, -0.05) is 13.8 Å². The highest BCUT2D eigenvalue weighted by molar-refractivity contribution is 5.85. The molecule has 0 aromatic carbocycles. The van der Waals surface area contributed by atoms with Crippen molar-refractivity contribution in [3.8, 4) is 0 Å². The van der Waals surface area contributed by atoms with Gasteiger partial charge in [0, 0.05) is 27.1 Å². The molecule has 0 aliphatic carbocycles. The highest BCUT2D eigenvalue weighted by atomic mass is 35.5. The number of rotatable bonds is 6. The summed E-state index contributed by atoms with van der Waals surface area (Å²) in [5.74, 6) is 0.944. The lowest BCUT2D eigenvalue weighted by atomic mass is 9.85. The molecule has 0 aromatic heterocycles. The summed E-state index contributed by atoms with van der Waals surface area (Å²) in [5.41, 5.74) is 0. The monoisotopic (exact) mass is 319 g/mol. The van der Waals surface area contributed by atoms with Crippen LogP contribution in [0.15, 0.2) is 0 Å². The number of halogens is 1. The summed E-state index contributed by atoms with van der Waals surface area (Å²) in [7, 11) is 3.41. The minimum Gasteiger partial charge on any atom is -0.359 e. The number of hydrogen-bond donors (Lipinski definition) is 2. The van der Waals surface area contributed by atoms with E-state index in [1.54, 1.807) is 19.0 Å². The molecule has 1 rings (SSSR count). The maximum absolute atomic E-state index is 12.2. The van der Waals surface area contributed by atoms with Crippen LogP contribution in [-0.2, 0) is 9.59 Å². The van der Waals surface area contributed by atoms with Crippen LogP contribution < -0.4 is 10.6 Å². The first kappa shape index (κ1) is 20.2. The number of amides is 2. The highest BCUT2D eigenvalue weighted by Crippen LogP contribution is 2.23. The van der Waals surface area contributed by atoms with Gasteiger partial charge < -0.3 is 15.5 Å². The van der Waals surface area contributed by atoms with Crippen molar-refractivity contribution in [3.05, 3.63) is 0 Å². The number of hydrogen-bond acceptors (Lipinski definition) is 3. The molecule has 0 bridgehead atoms. The first-order valence-corrected chi connectivity index (χ1v) is 7.62. The molecule has 1 aliphatic rings. The molecule has 1 heterocycles. The zero-order valence-electron chi connectivity index (χ0n) is 13.6. The van der Waals surface area contributed by atoms with Gasteiger partial charge in [0.1, 0.15) is 0 Å². The summed E-state index contributed by atoms with van der Waals surface area (Å²) in [5, 5.41) is 6.01. The van der Waals surface area contributed by atoms with Gasteiger partial charge in [-0.3, -0.25) is 9.59 Å². The smallest absolute Gasteiger partial charge is 0.224 e. The van der Waals surface area contributed by atoms with Crippen molar-refractivity contribution in [3.63, 3.8) is 0 Å². The quantitative estimate of drug-likeness (QED) is 0.775. The normalized spacial score (nSPS) is 20.9. The molecule has 0 saturated carbocycles. The maximum Gasteiger partial charge on any atom is 0.224 e. The van der Waals surface area contributed by atoms with Crippen LogP contribution >= 0.6 is 12.4 Å². The van der Waals surface area contributed by atoms with Crippen molar-refractivity contribution in [1.29, 1.82) is 0 Å². The third-order valence-electron chi connectivity index (χ3n) is 4.30. The Hall–Kier alpha value is -0.810. The summed E-state index contributed by atoms with van der Waals surface area (Å²) in [6, 6.07) is 0. The largest absolute Gasteiger partial charge is 0.359 e. The van der Waals surface area contributed by atoms with Crippen molar-refractivity contribution in [1.82, 2.24) is 15.5 Å². The lowest BCUT2D eigenvalue weighted by Crippen LogP contribution is -2.39. The Kier molecular flexibility index (Phi) is 9.62. The van der Waals surface area contributed by atoms with Crippen LogP contribution in [0.2, 0.25) is 0 Å². The van der Waals surface area contributed by atoms with Gasteiger partial charge in [-0.15, -0.1) is 12.4 Å². The molecule has 0 radical (unpaired) electrons. The zero-order valence-corrected chi connectivity index (χ0v) is 14.5. The predicted octanol–water partition coefficient (Wildman–Crippen LogP) is 1.27. The van der Waals surface area contributed by atoms with Gasteiger partial charge in [-0.25, -0.2) is 0 Å². The van der Waals surface area contributed by atoms with Crippen LogP contribution in [0.1, 0.15) is 33.1 Å². The summed E-state index contributed by atoms with van der Waals surface area (Å²) < 4.78 is 0. The summed E-state index contributed by atoms with van der Waals surface area (Å²) in [6.07, 6.45) is 2.98. The Balaban J connectivity index is 0.00000400. The van der Waals surface area contributed by atoms with Crippen molar-refractivity contribution in [2.75, 3.05) is 33.7 Å². The fourth-order valence-corrected chi connectivity index (χ4v) is 2.80. The third-order valence-corrected chi connectivity index (χ3v) is 4.30. The molecule has 21 heavy (non-hydrogen) atoms. The van der Waals surface area contributed by atoms with E-state index in [1.807, 2.05) is 6.92 Å². The number of nitrogens with one attached hydrogen (secondary N) is 2. The third kappa shape index (κ3) is 6.66. The standard InChI is InChI=1S/C15H29N3O2.ClH/c1-11(13-6-5-7-17-9-13)8-14(19)18(4)10-12(2)15(20)16-3;/h11-13,17H,5-10H2,1-4H3,(H,16,20);1H. The van der Waals surface area contributed by atoms with Crippen molar-refractivity contribution < 1.29 is 9.59 Å². The summed E-state index contributed by atoms with van der Waals surface area (Å²) >= 11 is 0. The lowest BCUT2D eigenvalue weighted by Gasteiger charge is -2.29. The Morgan fingerprint density at radius 1 is 1.38 bits per heavy atom. The van der Waals surface area contributed by atoms with E-state index >= 15 is 0 Å². The van der Waals surface area contributed by atoms with Crippen LogP contribution in [0.25, 0.3) is 0 Å². The van der Waals surface area contributed by atoms with E-state index in [2.05, 4.69) is 17.6 Å². The topological polar surface area (TPSA) is 61.4 Å². The van der Waals surface area contributed by atoms with Gasteiger partial charge in [-0.2, -0.15) is 0 Å². The van der Waals surface area contributed by atoms with Gasteiger partial charge >= 0.3 is 0 Å². The molecule has 0 spiro atoms. The number of carbonyl (C=O) groups excluding carboxylic acids is 2. The SMILES string of the molecule is CNC(=O)C(C)CN(C)C(=O)CC(C)C1CCCNC1.Cl. The van der Waals surface area contributed by atoms with Crippen LogP contribution in [-0.4, -0.2) is 50.4 Å². The molecular weight excluding hydrogens is 290 g/mol. The fraction of sp³-hybridized carbons (Fsp3) is 0.867. The molecular formula is C15H30ClN3O2. The summed E-state index contributed by atoms with van der Waals surface area (Å²) in [6.45, 7) is 6.60. The van der Waals surface area contributed by atoms with E-state index in [1.165, 1.54) is 12.8 Å². The molecule has 5 nitrogen and oxygen atoms in total. The first-order chi connectivity index (χ1) is 9.45. The van der Waals surface area contributed by atoms with E-state index < -0.39 is 0 Å². The van der Waals surface area contributed by atoms with Gasteiger partial charge in [0.25, 0.3) is 0 Å². The second kappa shape index (κ2) is 10.0. The molecule has 2 N–H and O–H groups in total. The summed E-state index contributed by atoms with van der Waals surface area (Å²) in [4.78, 5) is 25.4. The average Bonchev–Trinajstić information content (AvgIpc) is 2.46. The predicted molar refractivity (Wildman–Crippen MR) is 87.5 cm³/mol. The molecule has 1 aliphatic heterocycles. The highest BCUT2D eigenvalue weighted by Gasteiger charge is 2.24. The zero-order chi connectivity index (χ0) is 15.1. The van der Waals surface area contributed by atoms with Crippen LogP contribution in [0, 0.1) is 17.8 Å². The molecule has 124 valence electrons. The van der Waals surface area contributed by atoms with Crippen molar-refractivity contribution in [2.24, 2.45) is 17.8 Å². The average molecular weight is 320 g/mol. The Morgan fingerprint density at radius 3 is 2.57 bits per heavy atom. The van der Waals surface area contributed by atoms with E-state index in [0.29, 0.717) is 24.8 Å². The van der Waals surface area contributed by atoms with E-state index in [9.17, 15) is 9.59 Å².